The molecule has 0 bridgehead atoms. The maximum atomic E-state index is 12.7. The number of rotatable bonds is 6. The van der Waals surface area contributed by atoms with E-state index in [-0.39, 0.29) is 24.2 Å². The highest BCUT2D eigenvalue weighted by atomic mass is 35.5. The van der Waals surface area contributed by atoms with Crippen LogP contribution in [0.4, 0.5) is 5.00 Å². The Bertz CT molecular complexity index is 1200. The van der Waals surface area contributed by atoms with Crippen molar-refractivity contribution < 1.29 is 13.9 Å². The number of nitrogens with one attached hydrogen (secondary N) is 1. The molecule has 0 saturated carbocycles. The monoisotopic (exact) mass is 468 g/mol. The van der Waals surface area contributed by atoms with Gasteiger partial charge in [-0.3, -0.25) is 4.79 Å². The van der Waals surface area contributed by atoms with Gasteiger partial charge in [-0.15, -0.1) is 11.3 Å². The van der Waals surface area contributed by atoms with Crippen LogP contribution in [-0.4, -0.2) is 5.91 Å². The number of hydrogen-bond acceptors (Lipinski definition) is 5. The van der Waals surface area contributed by atoms with Crippen molar-refractivity contribution in [2.75, 3.05) is 5.32 Å². The van der Waals surface area contributed by atoms with Crippen LogP contribution >= 0.6 is 22.9 Å². The van der Waals surface area contributed by atoms with Gasteiger partial charge in [-0.1, -0.05) is 25.4 Å². The average Bonchev–Trinajstić information content (AvgIpc) is 3.38. The molecule has 1 aromatic carbocycles. The number of fused-ring (bicyclic) bond motifs is 1. The first-order chi connectivity index (χ1) is 15.4. The quantitative estimate of drug-likeness (QED) is 0.422. The van der Waals surface area contributed by atoms with Gasteiger partial charge in [-0.2, -0.15) is 5.26 Å². The molecule has 0 spiro atoms. The van der Waals surface area contributed by atoms with Gasteiger partial charge in [-0.25, -0.2) is 0 Å². The van der Waals surface area contributed by atoms with Crippen LogP contribution in [0.15, 0.2) is 28.7 Å². The van der Waals surface area contributed by atoms with Crippen LogP contribution in [0.25, 0.3) is 0 Å². The number of carbonyl (C=O) groups is 1. The lowest BCUT2D eigenvalue weighted by atomic mass is 9.96. The van der Waals surface area contributed by atoms with Crippen molar-refractivity contribution in [1.29, 1.82) is 5.26 Å². The minimum absolute atomic E-state index is 0.190. The SMILES string of the molecule is Cc1cc(OCc2ccc(C(=O)Nc3sc4c(c3C#N)CCCC4)o2)c(C(C)C)cc1Cl. The summed E-state index contributed by atoms with van der Waals surface area (Å²) < 4.78 is 11.7. The third kappa shape index (κ3) is 4.55. The predicted octanol–water partition coefficient (Wildman–Crippen LogP) is 7.01. The highest BCUT2D eigenvalue weighted by Crippen LogP contribution is 2.38. The molecule has 0 unspecified atom stereocenters. The molecule has 166 valence electrons. The van der Waals surface area contributed by atoms with Crippen molar-refractivity contribution >= 4 is 33.8 Å². The number of aryl methyl sites for hydroxylation is 2. The van der Waals surface area contributed by atoms with Crippen molar-refractivity contribution in [3.8, 4) is 11.8 Å². The van der Waals surface area contributed by atoms with Crippen molar-refractivity contribution in [3.63, 3.8) is 0 Å². The van der Waals surface area contributed by atoms with E-state index in [1.54, 1.807) is 12.1 Å². The molecule has 4 rings (SSSR count). The summed E-state index contributed by atoms with van der Waals surface area (Å²) in [5.41, 5.74) is 3.65. The molecule has 1 N–H and O–H groups in total. The molecule has 5 nitrogen and oxygen atoms in total. The first-order valence-electron chi connectivity index (χ1n) is 10.7. The summed E-state index contributed by atoms with van der Waals surface area (Å²) in [5, 5.41) is 13.8. The molecule has 0 fully saturated rings. The zero-order chi connectivity index (χ0) is 22.8. The first-order valence-corrected chi connectivity index (χ1v) is 11.9. The van der Waals surface area contributed by atoms with Gasteiger partial charge in [0, 0.05) is 9.90 Å². The minimum atomic E-state index is -0.364. The Kier molecular flexibility index (Phi) is 6.59. The second-order valence-corrected chi connectivity index (χ2v) is 9.84. The van der Waals surface area contributed by atoms with E-state index in [9.17, 15) is 10.1 Å². The molecule has 2 aromatic heterocycles. The molecule has 0 atom stereocenters. The lowest BCUT2D eigenvalue weighted by Gasteiger charge is -2.15. The Morgan fingerprint density at radius 3 is 2.84 bits per heavy atom. The Morgan fingerprint density at radius 1 is 1.31 bits per heavy atom. The molecule has 1 aliphatic rings. The van der Waals surface area contributed by atoms with Crippen molar-refractivity contribution in [1.82, 2.24) is 0 Å². The number of halogens is 1. The highest BCUT2D eigenvalue weighted by molar-refractivity contribution is 7.16. The topological polar surface area (TPSA) is 75.3 Å². The van der Waals surface area contributed by atoms with Crippen molar-refractivity contribution in [2.45, 2.75) is 59.0 Å². The Morgan fingerprint density at radius 2 is 2.09 bits per heavy atom. The van der Waals surface area contributed by atoms with Crippen LogP contribution < -0.4 is 10.1 Å². The molecule has 32 heavy (non-hydrogen) atoms. The molecule has 3 aromatic rings. The van der Waals surface area contributed by atoms with Crippen LogP contribution in [0.2, 0.25) is 5.02 Å². The van der Waals surface area contributed by atoms with Crippen LogP contribution in [0.5, 0.6) is 5.75 Å². The lowest BCUT2D eigenvalue weighted by Crippen LogP contribution is -2.11. The molecule has 7 heteroatoms. The fourth-order valence-corrected chi connectivity index (χ4v) is 5.32. The smallest absolute Gasteiger partial charge is 0.292 e. The molecule has 1 aliphatic carbocycles. The number of benzene rings is 1. The third-order valence-electron chi connectivity index (χ3n) is 5.68. The van der Waals surface area contributed by atoms with E-state index in [1.807, 2.05) is 19.1 Å². The van der Waals surface area contributed by atoms with E-state index >= 15 is 0 Å². The van der Waals surface area contributed by atoms with E-state index in [0.29, 0.717) is 21.3 Å². The Balaban J connectivity index is 1.46. The number of thiophene rings is 1. The van der Waals surface area contributed by atoms with Gasteiger partial charge in [-0.05, 0) is 79.5 Å². The predicted molar refractivity (Wildman–Crippen MR) is 127 cm³/mol. The largest absolute Gasteiger partial charge is 0.485 e. The second-order valence-electron chi connectivity index (χ2n) is 8.33. The number of nitrogens with zero attached hydrogens (tertiary/aromatic N) is 1. The van der Waals surface area contributed by atoms with E-state index in [1.165, 1.54) is 16.2 Å². The van der Waals surface area contributed by atoms with Crippen molar-refractivity contribution in [2.24, 2.45) is 0 Å². The molecule has 2 heterocycles. The van der Waals surface area contributed by atoms with E-state index in [2.05, 4.69) is 25.2 Å². The molecule has 0 saturated heterocycles. The molecular formula is C25H25ClN2O3S. The Labute approximate surface area is 197 Å². The molecule has 0 aliphatic heterocycles. The normalized spacial score (nSPS) is 13.0. The van der Waals surface area contributed by atoms with Crippen LogP contribution in [0.1, 0.15) is 76.1 Å². The first kappa shape index (κ1) is 22.4. The zero-order valence-electron chi connectivity index (χ0n) is 18.4. The van der Waals surface area contributed by atoms with Crippen molar-refractivity contribution in [3.05, 3.63) is 67.9 Å². The lowest BCUT2D eigenvalue weighted by molar-refractivity contribution is 0.0993. The number of anilines is 1. The fourth-order valence-electron chi connectivity index (χ4n) is 3.91. The number of ether oxygens (including phenoxy) is 1. The second kappa shape index (κ2) is 9.40. The summed E-state index contributed by atoms with van der Waals surface area (Å²) in [7, 11) is 0. The van der Waals surface area contributed by atoms with Gasteiger partial charge in [0.1, 0.15) is 29.2 Å². The average molecular weight is 469 g/mol. The van der Waals surface area contributed by atoms with Gasteiger partial charge in [0.05, 0.1) is 5.56 Å². The van der Waals surface area contributed by atoms with E-state index in [4.69, 9.17) is 20.8 Å². The van der Waals surface area contributed by atoms with Crippen LogP contribution in [0, 0.1) is 18.3 Å². The summed E-state index contributed by atoms with van der Waals surface area (Å²) in [5.74, 6) is 1.38. The molecule has 0 radical (unpaired) electrons. The van der Waals surface area contributed by atoms with E-state index in [0.717, 1.165) is 48.1 Å². The Hall–Kier alpha value is -2.75. The summed E-state index contributed by atoms with van der Waals surface area (Å²) in [4.78, 5) is 13.9. The summed E-state index contributed by atoms with van der Waals surface area (Å²) in [6, 6.07) is 9.49. The summed E-state index contributed by atoms with van der Waals surface area (Å²) in [6.07, 6.45) is 4.07. The molecular weight excluding hydrogens is 444 g/mol. The number of amides is 1. The molecule has 1 amide bonds. The summed E-state index contributed by atoms with van der Waals surface area (Å²) in [6.45, 7) is 6.31. The maximum Gasteiger partial charge on any atom is 0.292 e. The van der Waals surface area contributed by atoms with Gasteiger partial charge >= 0.3 is 0 Å². The van der Waals surface area contributed by atoms with Crippen LogP contribution in [-0.2, 0) is 19.4 Å². The summed E-state index contributed by atoms with van der Waals surface area (Å²) >= 11 is 7.77. The number of nitriles is 1. The highest BCUT2D eigenvalue weighted by Gasteiger charge is 2.23. The number of hydrogen-bond donors (Lipinski definition) is 1. The van der Waals surface area contributed by atoms with Gasteiger partial charge in [0.25, 0.3) is 5.91 Å². The van der Waals surface area contributed by atoms with Gasteiger partial charge < -0.3 is 14.5 Å². The number of furan rings is 1. The standard InChI is InChI=1S/C25H25ClN2O3S/c1-14(2)18-11-20(26)15(3)10-22(18)30-13-16-8-9-21(31-16)24(29)28-25-19(12-27)17-6-4-5-7-23(17)32-25/h8-11,14H,4-7,13H2,1-3H3,(H,28,29). The van der Waals surface area contributed by atoms with Gasteiger partial charge in [0.15, 0.2) is 5.76 Å². The zero-order valence-corrected chi connectivity index (χ0v) is 20.0. The van der Waals surface area contributed by atoms with Crippen LogP contribution in [0.3, 0.4) is 0 Å². The van der Waals surface area contributed by atoms with Gasteiger partial charge in [0.2, 0.25) is 0 Å². The number of carbonyl (C=O) groups excluding carboxylic acids is 1. The fraction of sp³-hybridized carbons (Fsp3) is 0.360. The maximum absolute atomic E-state index is 12.7. The van der Waals surface area contributed by atoms with E-state index < -0.39 is 0 Å². The third-order valence-corrected chi connectivity index (χ3v) is 7.29. The minimum Gasteiger partial charge on any atom is -0.485 e.